The Bertz CT molecular complexity index is 568. The van der Waals surface area contributed by atoms with E-state index >= 15 is 0 Å². The van der Waals surface area contributed by atoms with Crippen LogP contribution in [0.25, 0.3) is 5.57 Å². The molecule has 6 nitrogen and oxygen atoms in total. The average molecular weight is 293 g/mol. The van der Waals surface area contributed by atoms with Gasteiger partial charge in [-0.15, -0.1) is 0 Å². The zero-order valence-electron chi connectivity index (χ0n) is 12.3. The summed E-state index contributed by atoms with van der Waals surface area (Å²) >= 11 is 0. The molecule has 0 aliphatic carbocycles. The van der Waals surface area contributed by atoms with Crippen LogP contribution < -0.4 is 5.32 Å². The normalized spacial score (nSPS) is 10.7. The number of carbonyl (C=O) groups excluding carboxylic acids is 2. The van der Waals surface area contributed by atoms with Gasteiger partial charge in [0, 0.05) is 5.56 Å². The molecule has 21 heavy (non-hydrogen) atoms. The van der Waals surface area contributed by atoms with E-state index in [1.165, 1.54) is 18.2 Å². The van der Waals surface area contributed by atoms with E-state index in [1.807, 2.05) is 0 Å². The molecule has 0 saturated heterocycles. The van der Waals surface area contributed by atoms with Gasteiger partial charge in [0.15, 0.2) is 0 Å². The number of hydrogen-bond donors (Lipinski definition) is 3. The van der Waals surface area contributed by atoms with Crippen molar-refractivity contribution in [3.05, 3.63) is 29.3 Å². The molecule has 114 valence electrons. The smallest absolute Gasteiger partial charge is 0.407 e. The van der Waals surface area contributed by atoms with E-state index in [0.29, 0.717) is 5.56 Å². The number of alkyl carbamates (subject to hydrolysis) is 1. The quantitative estimate of drug-likeness (QED) is 0.733. The largest absolute Gasteiger partial charge is 0.508 e. The first kappa shape index (κ1) is 16.8. The lowest BCUT2D eigenvalue weighted by atomic mass is 10.0. The number of amides is 1. The average Bonchev–Trinajstić information content (AvgIpc) is 2.39. The first-order valence-electron chi connectivity index (χ1n) is 6.41. The standard InChI is InChI=1S/C15H19NO5/c1-15(2,3)21-14(20)16-7-12(9-18)10-4-5-13(19)11(6-10)8-17/h4-6,17,19H,7-8H2,1-3H3,(H,16,20). The van der Waals surface area contributed by atoms with E-state index in [-0.39, 0.29) is 30.0 Å². The molecule has 1 aromatic rings. The number of phenols is 1. The number of rotatable bonds is 4. The van der Waals surface area contributed by atoms with Crippen molar-refractivity contribution in [3.63, 3.8) is 0 Å². The van der Waals surface area contributed by atoms with Crippen LogP contribution in [0.2, 0.25) is 0 Å². The summed E-state index contributed by atoms with van der Waals surface area (Å²) in [6, 6.07) is 4.34. The number of nitrogens with one attached hydrogen (secondary N) is 1. The van der Waals surface area contributed by atoms with Gasteiger partial charge in [-0.05, 0) is 38.5 Å². The number of carbonyl (C=O) groups is 1. The third-order valence-electron chi connectivity index (χ3n) is 2.53. The van der Waals surface area contributed by atoms with Crippen molar-refractivity contribution in [1.82, 2.24) is 5.32 Å². The third-order valence-corrected chi connectivity index (χ3v) is 2.53. The number of hydrogen-bond acceptors (Lipinski definition) is 5. The highest BCUT2D eigenvalue weighted by molar-refractivity contribution is 5.90. The van der Waals surface area contributed by atoms with E-state index in [4.69, 9.17) is 9.84 Å². The second kappa shape index (κ2) is 6.92. The number of aliphatic hydroxyl groups is 1. The lowest BCUT2D eigenvalue weighted by molar-refractivity contribution is 0.0535. The Hall–Kier alpha value is -2.30. The molecule has 1 aromatic carbocycles. The third kappa shape index (κ3) is 5.30. The van der Waals surface area contributed by atoms with Crippen molar-refractivity contribution in [2.45, 2.75) is 33.0 Å². The summed E-state index contributed by atoms with van der Waals surface area (Å²) in [5.41, 5.74) is 0.313. The van der Waals surface area contributed by atoms with Crippen LogP contribution >= 0.6 is 0 Å². The van der Waals surface area contributed by atoms with Crippen LogP contribution in [0.3, 0.4) is 0 Å². The zero-order valence-corrected chi connectivity index (χ0v) is 12.3. The summed E-state index contributed by atoms with van der Waals surface area (Å²) in [6.07, 6.45) is -0.642. The highest BCUT2D eigenvalue weighted by Gasteiger charge is 2.16. The van der Waals surface area contributed by atoms with Crippen LogP contribution in [0.1, 0.15) is 31.9 Å². The molecule has 0 aliphatic rings. The number of aliphatic hydroxyl groups excluding tert-OH is 1. The van der Waals surface area contributed by atoms with Gasteiger partial charge in [0.05, 0.1) is 18.7 Å². The fourth-order valence-electron chi connectivity index (χ4n) is 1.57. The second-order valence-electron chi connectivity index (χ2n) is 5.44. The Balaban J connectivity index is 2.77. The van der Waals surface area contributed by atoms with Crippen molar-refractivity contribution < 1.29 is 24.5 Å². The number of ether oxygens (including phenoxy) is 1. The van der Waals surface area contributed by atoms with E-state index in [1.54, 1.807) is 26.7 Å². The summed E-state index contributed by atoms with van der Waals surface area (Å²) in [6.45, 7) is 4.78. The zero-order chi connectivity index (χ0) is 16.0. The van der Waals surface area contributed by atoms with Crippen LogP contribution in [-0.4, -0.2) is 34.4 Å². The monoisotopic (exact) mass is 293 g/mol. The predicted octanol–water partition coefficient (Wildman–Crippen LogP) is 1.62. The van der Waals surface area contributed by atoms with Gasteiger partial charge >= 0.3 is 6.09 Å². The minimum atomic E-state index is -0.642. The van der Waals surface area contributed by atoms with Crippen LogP contribution in [0.4, 0.5) is 4.79 Å². The summed E-state index contributed by atoms with van der Waals surface area (Å²) in [5.74, 6) is 1.68. The number of benzene rings is 1. The van der Waals surface area contributed by atoms with E-state index in [2.05, 4.69) is 5.32 Å². The maximum absolute atomic E-state index is 11.5. The van der Waals surface area contributed by atoms with Crippen LogP contribution in [0, 0.1) is 0 Å². The maximum Gasteiger partial charge on any atom is 0.407 e. The first-order chi connectivity index (χ1) is 9.76. The maximum atomic E-state index is 11.5. The van der Waals surface area contributed by atoms with Crippen molar-refractivity contribution in [2.75, 3.05) is 6.54 Å². The lowest BCUT2D eigenvalue weighted by Gasteiger charge is -2.19. The molecule has 1 rings (SSSR count). The molecule has 0 atom stereocenters. The molecule has 6 heteroatoms. The van der Waals surface area contributed by atoms with Gasteiger partial charge in [0.2, 0.25) is 0 Å². The summed E-state index contributed by atoms with van der Waals surface area (Å²) in [4.78, 5) is 22.5. The molecule has 1 amide bonds. The molecule has 0 saturated carbocycles. The molecule has 0 bridgehead atoms. The molecular formula is C15H19NO5. The van der Waals surface area contributed by atoms with Crippen molar-refractivity contribution in [2.24, 2.45) is 0 Å². The molecule has 3 N–H and O–H groups in total. The molecule has 0 aliphatic heterocycles. The fourth-order valence-corrected chi connectivity index (χ4v) is 1.57. The summed E-state index contributed by atoms with van der Waals surface area (Å²) in [7, 11) is 0. The highest BCUT2D eigenvalue weighted by atomic mass is 16.6. The molecular weight excluding hydrogens is 274 g/mol. The first-order valence-corrected chi connectivity index (χ1v) is 6.41. The van der Waals surface area contributed by atoms with Crippen molar-refractivity contribution in [1.29, 1.82) is 0 Å². The molecule has 0 heterocycles. The second-order valence-corrected chi connectivity index (χ2v) is 5.44. The van der Waals surface area contributed by atoms with Crippen LogP contribution in [0.15, 0.2) is 18.2 Å². The molecule has 0 aromatic heterocycles. The van der Waals surface area contributed by atoms with Gasteiger partial charge in [-0.25, -0.2) is 9.59 Å². The predicted molar refractivity (Wildman–Crippen MR) is 77.4 cm³/mol. The van der Waals surface area contributed by atoms with E-state index in [9.17, 15) is 14.7 Å². The van der Waals surface area contributed by atoms with E-state index in [0.717, 1.165) is 0 Å². The Morgan fingerprint density at radius 2 is 2.05 bits per heavy atom. The van der Waals surface area contributed by atoms with Gasteiger partial charge in [-0.2, -0.15) is 0 Å². The minimum absolute atomic E-state index is 0.0615. The molecule has 0 unspecified atom stereocenters. The van der Waals surface area contributed by atoms with Gasteiger partial charge in [-0.1, -0.05) is 6.07 Å². The van der Waals surface area contributed by atoms with Crippen LogP contribution in [0.5, 0.6) is 5.75 Å². The van der Waals surface area contributed by atoms with Crippen LogP contribution in [-0.2, 0) is 16.1 Å². The highest BCUT2D eigenvalue weighted by Crippen LogP contribution is 2.21. The van der Waals surface area contributed by atoms with Gasteiger partial charge in [0.1, 0.15) is 17.3 Å². The molecule has 0 fully saturated rings. The topological polar surface area (TPSA) is 95.9 Å². The van der Waals surface area contributed by atoms with E-state index < -0.39 is 11.7 Å². The Morgan fingerprint density at radius 1 is 1.38 bits per heavy atom. The SMILES string of the molecule is CC(C)(C)OC(=O)NCC(=C=O)c1ccc(O)c(CO)c1. The summed E-state index contributed by atoms with van der Waals surface area (Å²) < 4.78 is 5.06. The number of aromatic hydroxyl groups is 1. The Kier molecular flexibility index (Phi) is 5.52. The Morgan fingerprint density at radius 3 is 2.57 bits per heavy atom. The van der Waals surface area contributed by atoms with Crippen molar-refractivity contribution in [3.8, 4) is 5.75 Å². The lowest BCUT2D eigenvalue weighted by Crippen LogP contribution is -2.33. The van der Waals surface area contributed by atoms with Crippen molar-refractivity contribution >= 4 is 17.6 Å². The molecule has 0 spiro atoms. The fraction of sp³-hybridized carbons (Fsp3) is 0.400. The van der Waals surface area contributed by atoms with Gasteiger partial charge < -0.3 is 20.3 Å². The molecule has 0 radical (unpaired) electrons. The van der Waals surface area contributed by atoms with Gasteiger partial charge in [0.25, 0.3) is 0 Å². The Labute approximate surface area is 123 Å². The minimum Gasteiger partial charge on any atom is -0.508 e. The summed E-state index contributed by atoms with van der Waals surface area (Å²) in [5, 5.41) is 21.0. The van der Waals surface area contributed by atoms with Gasteiger partial charge in [-0.3, -0.25) is 0 Å².